The summed E-state index contributed by atoms with van der Waals surface area (Å²) >= 11 is 0. The number of hydrogen-bond donors (Lipinski definition) is 2. The Kier molecular flexibility index (Phi) is 18.3. The molecular weight excluding hydrogens is 328 g/mol. The molecule has 148 valence electrons. The fourth-order valence-corrected chi connectivity index (χ4v) is 2.44. The molecule has 0 radical (unpaired) electrons. The lowest BCUT2D eigenvalue weighted by Crippen LogP contribution is -2.39. The molecule has 1 unspecified atom stereocenters. The Bertz CT molecular complexity index is 431. The third-order valence-corrected chi connectivity index (χ3v) is 3.94. The first-order valence-electron chi connectivity index (χ1n) is 9.88. The van der Waals surface area contributed by atoms with Gasteiger partial charge in [0, 0.05) is 6.42 Å². The second-order valence-electron chi connectivity index (χ2n) is 6.36. The van der Waals surface area contributed by atoms with Crippen LogP contribution in [0.5, 0.6) is 0 Å². The number of nitroso groups, excluding NO2 is 1. The van der Waals surface area contributed by atoms with E-state index in [2.05, 4.69) is 53.9 Å². The van der Waals surface area contributed by atoms with Crippen molar-refractivity contribution in [3.05, 3.63) is 41.4 Å². The van der Waals surface area contributed by atoms with Crippen LogP contribution in [0.4, 0.5) is 0 Å². The van der Waals surface area contributed by atoms with Gasteiger partial charge >= 0.3 is 0 Å². The zero-order valence-electron chi connectivity index (χ0n) is 16.2. The first kappa shape index (κ1) is 24.2. The van der Waals surface area contributed by atoms with E-state index in [0.717, 1.165) is 44.9 Å². The van der Waals surface area contributed by atoms with Crippen molar-refractivity contribution in [1.82, 2.24) is 5.32 Å². The molecule has 0 saturated carbocycles. The zero-order chi connectivity index (χ0) is 19.3. The van der Waals surface area contributed by atoms with Crippen molar-refractivity contribution in [1.29, 1.82) is 0 Å². The van der Waals surface area contributed by atoms with E-state index < -0.39 is 6.04 Å². The number of amides is 1. The Morgan fingerprint density at radius 2 is 1.58 bits per heavy atom. The minimum atomic E-state index is -0.547. The normalized spacial score (nSPS) is 13.0. The predicted molar refractivity (Wildman–Crippen MR) is 109 cm³/mol. The van der Waals surface area contributed by atoms with Gasteiger partial charge < -0.3 is 10.4 Å². The molecule has 0 aromatic rings. The van der Waals surface area contributed by atoms with Gasteiger partial charge in [0.1, 0.15) is 6.54 Å². The number of hydrogen-bond acceptors (Lipinski definition) is 4. The summed E-state index contributed by atoms with van der Waals surface area (Å²) in [4.78, 5) is 21.8. The van der Waals surface area contributed by atoms with E-state index in [0.29, 0.717) is 6.42 Å². The smallest absolute Gasteiger partial charge is 0.220 e. The van der Waals surface area contributed by atoms with Crippen LogP contribution >= 0.6 is 0 Å². The quantitative estimate of drug-likeness (QED) is 0.221. The molecule has 1 atom stereocenters. The van der Waals surface area contributed by atoms with Crippen LogP contribution in [-0.2, 0) is 4.79 Å². The molecule has 2 N–H and O–H groups in total. The van der Waals surface area contributed by atoms with Gasteiger partial charge in [-0.05, 0) is 38.5 Å². The lowest BCUT2D eigenvalue weighted by Gasteiger charge is -2.12. The predicted octanol–water partition coefficient (Wildman–Crippen LogP) is 4.82. The van der Waals surface area contributed by atoms with E-state index >= 15 is 0 Å². The Morgan fingerprint density at radius 3 is 2.23 bits per heavy atom. The van der Waals surface area contributed by atoms with E-state index in [1.807, 2.05) is 0 Å². The van der Waals surface area contributed by atoms with Crippen LogP contribution in [0.25, 0.3) is 0 Å². The molecule has 0 fully saturated rings. The van der Waals surface area contributed by atoms with Crippen LogP contribution in [-0.4, -0.2) is 30.2 Å². The molecule has 0 aliphatic rings. The molecule has 0 aliphatic heterocycles. The first-order chi connectivity index (χ1) is 12.7. The topological polar surface area (TPSA) is 78.8 Å². The van der Waals surface area contributed by atoms with E-state index in [9.17, 15) is 9.70 Å². The first-order valence-corrected chi connectivity index (χ1v) is 9.88. The minimum Gasteiger partial charge on any atom is -0.394 e. The van der Waals surface area contributed by atoms with Crippen LogP contribution in [0.2, 0.25) is 0 Å². The number of carbonyl (C=O) groups excluding carboxylic acids is 1. The van der Waals surface area contributed by atoms with E-state index in [-0.39, 0.29) is 19.1 Å². The van der Waals surface area contributed by atoms with Gasteiger partial charge in [0.25, 0.3) is 0 Å². The van der Waals surface area contributed by atoms with Gasteiger partial charge in [0.2, 0.25) is 5.91 Å². The lowest BCUT2D eigenvalue weighted by atomic mass is 10.1. The summed E-state index contributed by atoms with van der Waals surface area (Å²) < 4.78 is 0. The van der Waals surface area contributed by atoms with Gasteiger partial charge in [-0.3, -0.25) is 4.79 Å². The van der Waals surface area contributed by atoms with E-state index in [4.69, 9.17) is 5.11 Å². The summed E-state index contributed by atoms with van der Waals surface area (Å²) in [5, 5.41) is 14.3. The average molecular weight is 365 g/mol. The fraction of sp³-hybridized carbons (Fsp3) is 0.667. The maximum atomic E-state index is 11.6. The molecule has 0 saturated heterocycles. The van der Waals surface area contributed by atoms with Crippen LogP contribution in [0.3, 0.4) is 0 Å². The summed E-state index contributed by atoms with van der Waals surface area (Å²) in [6, 6.07) is -0.547. The molecule has 0 aromatic heterocycles. The number of unbranched alkanes of at least 4 members (excludes halogenated alkanes) is 5. The Hall–Kier alpha value is -1.75. The summed E-state index contributed by atoms with van der Waals surface area (Å²) in [5.74, 6) is -0.117. The molecule has 0 rings (SSSR count). The third kappa shape index (κ3) is 17.1. The van der Waals surface area contributed by atoms with Crippen LogP contribution in [0.15, 0.2) is 41.6 Å². The molecule has 1 amide bonds. The van der Waals surface area contributed by atoms with Gasteiger partial charge in [-0.15, -0.1) is 0 Å². The van der Waals surface area contributed by atoms with E-state index in [1.54, 1.807) is 0 Å². The second kappa shape index (κ2) is 19.6. The highest BCUT2D eigenvalue weighted by Crippen LogP contribution is 2.08. The van der Waals surface area contributed by atoms with Gasteiger partial charge in [-0.25, -0.2) is 0 Å². The second-order valence-corrected chi connectivity index (χ2v) is 6.36. The molecule has 0 spiro atoms. The third-order valence-electron chi connectivity index (χ3n) is 3.94. The summed E-state index contributed by atoms with van der Waals surface area (Å²) in [7, 11) is 0. The van der Waals surface area contributed by atoms with Crippen molar-refractivity contribution < 1.29 is 9.90 Å². The highest BCUT2D eigenvalue weighted by atomic mass is 16.3. The number of aliphatic hydroxyl groups is 1. The largest absolute Gasteiger partial charge is 0.394 e. The van der Waals surface area contributed by atoms with Gasteiger partial charge in [0.05, 0.1) is 12.6 Å². The monoisotopic (exact) mass is 364 g/mol. The molecule has 26 heavy (non-hydrogen) atoms. The minimum absolute atomic E-state index is 0.0819. The molecule has 0 aliphatic carbocycles. The summed E-state index contributed by atoms with van der Waals surface area (Å²) in [6.07, 6.45) is 23.3. The average Bonchev–Trinajstić information content (AvgIpc) is 2.64. The molecular formula is C21H36N2O3. The highest BCUT2D eigenvalue weighted by Gasteiger charge is 2.10. The van der Waals surface area contributed by atoms with Crippen LogP contribution < -0.4 is 5.32 Å². The summed E-state index contributed by atoms with van der Waals surface area (Å²) in [6.45, 7) is 1.81. The van der Waals surface area contributed by atoms with E-state index in [1.165, 1.54) is 12.8 Å². The number of nitrogens with one attached hydrogen (secondary N) is 1. The standard InChI is InChI=1S/C21H36N2O3/c1-2-3-4-5-6-7-8-9-10-11-12-13-14-15-16-17-21(25)23-20(19-24)18-22-26/h3-4,6-7,9-10,20,24H,2,5,8,11-19H2,1H3,(H,23,25)/b4-3-,7-6-,10-9-. The van der Waals surface area contributed by atoms with Crippen LogP contribution in [0, 0.1) is 4.91 Å². The molecule has 5 heteroatoms. The number of rotatable bonds is 17. The van der Waals surface area contributed by atoms with Crippen molar-refractivity contribution in [2.75, 3.05) is 13.2 Å². The number of carbonyl (C=O) groups is 1. The Labute approximate surface area is 158 Å². The summed E-state index contributed by atoms with van der Waals surface area (Å²) in [5.41, 5.74) is 0. The molecule has 0 aromatic carbocycles. The number of aliphatic hydroxyl groups excluding tert-OH is 1. The van der Waals surface area contributed by atoms with Crippen molar-refractivity contribution >= 4 is 5.91 Å². The number of allylic oxidation sites excluding steroid dienone is 6. The highest BCUT2D eigenvalue weighted by molar-refractivity contribution is 5.76. The van der Waals surface area contributed by atoms with Gasteiger partial charge in [-0.1, -0.05) is 67.8 Å². The zero-order valence-corrected chi connectivity index (χ0v) is 16.2. The lowest BCUT2D eigenvalue weighted by molar-refractivity contribution is -0.122. The maximum absolute atomic E-state index is 11.6. The van der Waals surface area contributed by atoms with Gasteiger partial charge in [0.15, 0.2) is 0 Å². The van der Waals surface area contributed by atoms with Crippen molar-refractivity contribution in [2.45, 2.75) is 77.2 Å². The van der Waals surface area contributed by atoms with Crippen molar-refractivity contribution in [3.63, 3.8) is 0 Å². The van der Waals surface area contributed by atoms with Crippen molar-refractivity contribution in [3.8, 4) is 0 Å². The Balaban J connectivity index is 3.45. The van der Waals surface area contributed by atoms with Crippen molar-refractivity contribution in [2.24, 2.45) is 5.18 Å². The SMILES string of the molecule is CC/C=C\C/C=C\C/C=C\CCCCCCCC(=O)NC(CO)CN=O. The maximum Gasteiger partial charge on any atom is 0.220 e. The molecule has 5 nitrogen and oxygen atoms in total. The van der Waals surface area contributed by atoms with Gasteiger partial charge in [-0.2, -0.15) is 4.91 Å². The molecule has 0 heterocycles. The number of nitrogens with zero attached hydrogens (tertiary/aromatic N) is 1. The Morgan fingerprint density at radius 1 is 0.962 bits per heavy atom. The van der Waals surface area contributed by atoms with Crippen LogP contribution in [0.1, 0.15) is 71.1 Å². The molecule has 0 bridgehead atoms. The fourth-order valence-electron chi connectivity index (χ4n) is 2.44.